The molecule has 3 aromatic rings. The third-order valence-corrected chi connectivity index (χ3v) is 4.67. The molecule has 0 bridgehead atoms. The van der Waals surface area contributed by atoms with Gasteiger partial charge >= 0.3 is 0 Å². The lowest BCUT2D eigenvalue weighted by molar-refractivity contribution is 0.0943. The largest absolute Gasteiger partial charge is 0.349 e. The van der Waals surface area contributed by atoms with Crippen LogP contribution in [0, 0.1) is 0 Å². The zero-order valence-corrected chi connectivity index (χ0v) is 15.4. The molecule has 2 amide bonds. The van der Waals surface area contributed by atoms with E-state index in [4.69, 9.17) is 0 Å². The molecule has 0 saturated heterocycles. The van der Waals surface area contributed by atoms with Gasteiger partial charge < -0.3 is 10.6 Å². The second kappa shape index (κ2) is 8.05. The summed E-state index contributed by atoms with van der Waals surface area (Å²) in [5, 5.41) is 5.90. The van der Waals surface area contributed by atoms with E-state index in [9.17, 15) is 9.59 Å². The molecule has 0 radical (unpaired) electrons. The summed E-state index contributed by atoms with van der Waals surface area (Å²) in [6, 6.07) is 20.9. The standard InChI is InChI=1S/C23H21N3O2/c27-22(25-15-16-4-2-1-3-5-16)19-12-13-24-21(14-19)17-6-8-18(9-7-17)23(28)26-20-10-11-20/h1-9,12-14,20H,10-11,15H2,(H,25,27)(H,26,28). The Hall–Kier alpha value is -3.47. The van der Waals surface area contributed by atoms with Gasteiger partial charge in [0.15, 0.2) is 0 Å². The first-order valence-electron chi connectivity index (χ1n) is 9.38. The number of nitrogens with zero attached hydrogens (tertiary/aromatic N) is 1. The van der Waals surface area contributed by atoms with Crippen molar-refractivity contribution < 1.29 is 9.59 Å². The lowest BCUT2D eigenvalue weighted by Crippen LogP contribution is -2.25. The summed E-state index contributed by atoms with van der Waals surface area (Å²) < 4.78 is 0. The third kappa shape index (κ3) is 4.43. The van der Waals surface area contributed by atoms with Crippen LogP contribution in [-0.4, -0.2) is 22.8 Å². The number of pyridine rings is 1. The molecule has 140 valence electrons. The molecule has 0 atom stereocenters. The number of hydrogen-bond acceptors (Lipinski definition) is 3. The molecule has 5 heteroatoms. The van der Waals surface area contributed by atoms with E-state index in [0.717, 1.165) is 24.0 Å². The normalized spacial score (nSPS) is 13.0. The Kier molecular flexibility index (Phi) is 5.15. The predicted octanol–water partition coefficient (Wildman–Crippen LogP) is 3.57. The number of carbonyl (C=O) groups excluding carboxylic acids is 2. The average Bonchev–Trinajstić information content (AvgIpc) is 3.57. The maximum atomic E-state index is 12.5. The van der Waals surface area contributed by atoms with E-state index in [2.05, 4.69) is 15.6 Å². The van der Waals surface area contributed by atoms with E-state index in [1.165, 1.54) is 0 Å². The highest BCUT2D eigenvalue weighted by Crippen LogP contribution is 2.21. The molecule has 2 N–H and O–H groups in total. The van der Waals surface area contributed by atoms with Crippen LogP contribution >= 0.6 is 0 Å². The SMILES string of the molecule is O=C(NCc1ccccc1)c1ccnc(-c2ccc(C(=O)NC3CC3)cc2)c1. The van der Waals surface area contributed by atoms with Crippen LogP contribution in [0.1, 0.15) is 39.1 Å². The number of carbonyl (C=O) groups is 2. The van der Waals surface area contributed by atoms with Crippen molar-refractivity contribution >= 4 is 11.8 Å². The van der Waals surface area contributed by atoms with Crippen molar-refractivity contribution in [3.8, 4) is 11.3 Å². The van der Waals surface area contributed by atoms with Gasteiger partial charge in [0, 0.05) is 35.5 Å². The Morgan fingerprint density at radius 2 is 1.64 bits per heavy atom. The molecule has 0 aliphatic heterocycles. The molecule has 0 unspecified atom stereocenters. The number of amides is 2. The van der Waals surface area contributed by atoms with E-state index < -0.39 is 0 Å². The number of aromatic nitrogens is 1. The second-order valence-electron chi connectivity index (χ2n) is 6.92. The van der Waals surface area contributed by atoms with Crippen molar-refractivity contribution in [1.29, 1.82) is 0 Å². The van der Waals surface area contributed by atoms with E-state index in [1.807, 2.05) is 42.5 Å². The van der Waals surface area contributed by atoms with Crippen LogP contribution in [0.15, 0.2) is 72.9 Å². The summed E-state index contributed by atoms with van der Waals surface area (Å²) in [5.74, 6) is -0.191. The van der Waals surface area contributed by atoms with Gasteiger partial charge in [0.25, 0.3) is 11.8 Å². The Bertz CT molecular complexity index is 980. The minimum atomic E-state index is -0.145. The topological polar surface area (TPSA) is 71.1 Å². The van der Waals surface area contributed by atoms with Crippen LogP contribution in [0.5, 0.6) is 0 Å². The van der Waals surface area contributed by atoms with Gasteiger partial charge in [-0.2, -0.15) is 0 Å². The zero-order valence-electron chi connectivity index (χ0n) is 15.4. The van der Waals surface area contributed by atoms with Gasteiger partial charge in [0.05, 0.1) is 5.69 Å². The van der Waals surface area contributed by atoms with Crippen molar-refractivity contribution in [2.45, 2.75) is 25.4 Å². The van der Waals surface area contributed by atoms with Crippen LogP contribution in [0.3, 0.4) is 0 Å². The molecule has 1 aliphatic carbocycles. The van der Waals surface area contributed by atoms with E-state index in [-0.39, 0.29) is 11.8 Å². The highest BCUT2D eigenvalue weighted by atomic mass is 16.2. The highest BCUT2D eigenvalue weighted by molar-refractivity contribution is 5.96. The summed E-state index contributed by atoms with van der Waals surface area (Å²) in [7, 11) is 0. The van der Waals surface area contributed by atoms with Crippen LogP contribution in [-0.2, 0) is 6.54 Å². The summed E-state index contributed by atoms with van der Waals surface area (Å²) in [4.78, 5) is 28.9. The lowest BCUT2D eigenvalue weighted by Gasteiger charge is -2.08. The first kappa shape index (κ1) is 17.9. The van der Waals surface area contributed by atoms with Crippen molar-refractivity contribution in [1.82, 2.24) is 15.6 Å². The minimum absolute atomic E-state index is 0.0453. The van der Waals surface area contributed by atoms with E-state index in [1.54, 1.807) is 30.5 Å². The number of nitrogens with one attached hydrogen (secondary N) is 2. The number of benzene rings is 2. The molecule has 1 aromatic heterocycles. The molecule has 1 fully saturated rings. The molecular weight excluding hydrogens is 350 g/mol. The number of rotatable bonds is 6. The fourth-order valence-electron chi connectivity index (χ4n) is 2.90. The average molecular weight is 371 g/mol. The Balaban J connectivity index is 1.44. The summed E-state index contributed by atoms with van der Waals surface area (Å²) in [6.07, 6.45) is 3.75. The fourth-order valence-corrected chi connectivity index (χ4v) is 2.90. The van der Waals surface area contributed by atoms with Crippen molar-refractivity contribution in [2.24, 2.45) is 0 Å². The van der Waals surface area contributed by atoms with Crippen LogP contribution in [0.25, 0.3) is 11.3 Å². The van der Waals surface area contributed by atoms with Gasteiger partial charge in [0.2, 0.25) is 0 Å². The van der Waals surface area contributed by atoms with Gasteiger partial charge in [-0.25, -0.2) is 0 Å². The first-order chi connectivity index (χ1) is 13.7. The molecular formula is C23H21N3O2. The first-order valence-corrected chi connectivity index (χ1v) is 9.38. The van der Waals surface area contributed by atoms with Gasteiger partial charge in [-0.3, -0.25) is 14.6 Å². The van der Waals surface area contributed by atoms with E-state index >= 15 is 0 Å². The molecule has 1 aliphatic rings. The van der Waals surface area contributed by atoms with Crippen molar-refractivity contribution in [3.05, 3.63) is 89.6 Å². The monoisotopic (exact) mass is 371 g/mol. The number of hydrogen-bond donors (Lipinski definition) is 2. The maximum Gasteiger partial charge on any atom is 0.251 e. The Labute approximate surface area is 163 Å². The molecule has 1 heterocycles. The molecule has 28 heavy (non-hydrogen) atoms. The highest BCUT2D eigenvalue weighted by Gasteiger charge is 2.23. The summed E-state index contributed by atoms with van der Waals surface area (Å²) >= 11 is 0. The lowest BCUT2D eigenvalue weighted by atomic mass is 10.1. The Morgan fingerprint density at radius 1 is 0.893 bits per heavy atom. The van der Waals surface area contributed by atoms with Gasteiger partial charge in [-0.05, 0) is 42.7 Å². The molecule has 2 aromatic carbocycles. The molecule has 5 nitrogen and oxygen atoms in total. The molecule has 4 rings (SSSR count). The molecule has 1 saturated carbocycles. The van der Waals surface area contributed by atoms with Crippen LogP contribution in [0.4, 0.5) is 0 Å². The van der Waals surface area contributed by atoms with Crippen LogP contribution in [0.2, 0.25) is 0 Å². The summed E-state index contributed by atoms with van der Waals surface area (Å²) in [5.41, 5.74) is 3.79. The van der Waals surface area contributed by atoms with Gasteiger partial charge in [-0.1, -0.05) is 42.5 Å². The van der Waals surface area contributed by atoms with E-state index in [0.29, 0.717) is 29.4 Å². The quantitative estimate of drug-likeness (QED) is 0.696. The van der Waals surface area contributed by atoms with Crippen LogP contribution < -0.4 is 10.6 Å². The van der Waals surface area contributed by atoms with Crippen molar-refractivity contribution in [3.63, 3.8) is 0 Å². The maximum absolute atomic E-state index is 12.5. The zero-order chi connectivity index (χ0) is 19.3. The summed E-state index contributed by atoms with van der Waals surface area (Å²) in [6.45, 7) is 0.474. The third-order valence-electron chi connectivity index (χ3n) is 4.67. The minimum Gasteiger partial charge on any atom is -0.349 e. The fraction of sp³-hybridized carbons (Fsp3) is 0.174. The van der Waals surface area contributed by atoms with Gasteiger partial charge in [-0.15, -0.1) is 0 Å². The molecule has 0 spiro atoms. The van der Waals surface area contributed by atoms with Gasteiger partial charge in [0.1, 0.15) is 0 Å². The second-order valence-corrected chi connectivity index (χ2v) is 6.92. The Morgan fingerprint density at radius 3 is 2.36 bits per heavy atom. The predicted molar refractivity (Wildman–Crippen MR) is 108 cm³/mol. The van der Waals surface area contributed by atoms with Crippen molar-refractivity contribution in [2.75, 3.05) is 0 Å². The smallest absolute Gasteiger partial charge is 0.251 e.